The fourth-order valence-corrected chi connectivity index (χ4v) is 3.71. The molecule has 0 spiro atoms. The molecule has 0 unspecified atom stereocenters. The molecule has 1 aromatic heterocycles. The number of carbonyl (C=O) groups excluding carboxylic acids is 1. The van der Waals surface area contributed by atoms with Gasteiger partial charge in [0.25, 0.3) is 5.91 Å². The third-order valence-corrected chi connectivity index (χ3v) is 5.48. The molecule has 3 aromatic rings. The van der Waals surface area contributed by atoms with Gasteiger partial charge in [-0.05, 0) is 54.6 Å². The van der Waals surface area contributed by atoms with Crippen LogP contribution in [0.3, 0.4) is 0 Å². The summed E-state index contributed by atoms with van der Waals surface area (Å²) >= 11 is 0. The van der Waals surface area contributed by atoms with Crippen LogP contribution in [-0.4, -0.2) is 55.3 Å². The van der Waals surface area contributed by atoms with Crippen molar-refractivity contribution in [3.8, 4) is 5.75 Å². The molecule has 33 heavy (non-hydrogen) atoms. The molecule has 170 valence electrons. The number of nitrogens with one attached hydrogen (secondary N) is 1. The van der Waals surface area contributed by atoms with E-state index in [2.05, 4.69) is 15.2 Å². The molecule has 1 saturated heterocycles. The van der Waals surface area contributed by atoms with E-state index >= 15 is 0 Å². The summed E-state index contributed by atoms with van der Waals surface area (Å²) in [5.41, 5.74) is 1.63. The number of hydrogen-bond acceptors (Lipinski definition) is 6. The van der Waals surface area contributed by atoms with E-state index in [-0.39, 0.29) is 17.3 Å². The first kappa shape index (κ1) is 22.1. The smallest absolute Gasteiger partial charge is 0.339 e. The van der Waals surface area contributed by atoms with Crippen molar-refractivity contribution in [3.63, 3.8) is 0 Å². The lowest BCUT2D eigenvalue weighted by Crippen LogP contribution is -2.47. The molecule has 2 heterocycles. The second-order valence-electron chi connectivity index (χ2n) is 7.53. The summed E-state index contributed by atoms with van der Waals surface area (Å²) in [6.07, 6.45) is 1.45. The third kappa shape index (κ3) is 5.03. The largest absolute Gasteiger partial charge is 0.497 e. The third-order valence-electron chi connectivity index (χ3n) is 5.48. The summed E-state index contributed by atoms with van der Waals surface area (Å²) in [5, 5.41) is 12.4. The van der Waals surface area contributed by atoms with Crippen LogP contribution in [0.5, 0.6) is 5.75 Å². The number of anilines is 3. The number of hydrogen-bond donors (Lipinski definition) is 2. The van der Waals surface area contributed by atoms with Crippen LogP contribution in [0.25, 0.3) is 0 Å². The lowest BCUT2D eigenvalue weighted by atomic mass is 10.1. The predicted molar refractivity (Wildman–Crippen MR) is 123 cm³/mol. The van der Waals surface area contributed by atoms with Gasteiger partial charge in [0.15, 0.2) is 0 Å². The first-order valence-electron chi connectivity index (χ1n) is 10.4. The number of ether oxygens (including phenoxy) is 1. The molecule has 0 saturated carbocycles. The van der Waals surface area contributed by atoms with E-state index in [9.17, 15) is 19.1 Å². The highest BCUT2D eigenvalue weighted by atomic mass is 19.1. The maximum atomic E-state index is 13.2. The zero-order chi connectivity index (χ0) is 23.4. The van der Waals surface area contributed by atoms with E-state index in [0.29, 0.717) is 49.0 Å². The SMILES string of the molecule is COc1ccc(C(=O)Nc2cnc(N3CCN(c4ccc(F)cc4)CC3)c(C(=O)O)c2)cc1. The minimum absolute atomic E-state index is 0.0118. The number of pyridine rings is 1. The van der Waals surface area contributed by atoms with Crippen LogP contribution >= 0.6 is 0 Å². The van der Waals surface area contributed by atoms with Crippen molar-refractivity contribution < 1.29 is 23.8 Å². The number of carboxylic acid groups (broad SMARTS) is 1. The Hall–Kier alpha value is -4.14. The van der Waals surface area contributed by atoms with Crippen LogP contribution < -0.4 is 19.9 Å². The lowest BCUT2D eigenvalue weighted by Gasteiger charge is -2.37. The highest BCUT2D eigenvalue weighted by Crippen LogP contribution is 2.25. The van der Waals surface area contributed by atoms with Gasteiger partial charge in [-0.15, -0.1) is 0 Å². The van der Waals surface area contributed by atoms with E-state index in [4.69, 9.17) is 4.74 Å². The van der Waals surface area contributed by atoms with Crippen molar-refractivity contribution in [2.24, 2.45) is 0 Å². The van der Waals surface area contributed by atoms with Gasteiger partial charge in [-0.3, -0.25) is 4.79 Å². The minimum Gasteiger partial charge on any atom is -0.497 e. The Balaban J connectivity index is 1.46. The van der Waals surface area contributed by atoms with Crippen LogP contribution in [0.15, 0.2) is 60.8 Å². The number of rotatable bonds is 6. The second-order valence-corrected chi connectivity index (χ2v) is 7.53. The van der Waals surface area contributed by atoms with Crippen LogP contribution in [0.1, 0.15) is 20.7 Å². The Morgan fingerprint density at radius 1 is 1.00 bits per heavy atom. The standard InChI is InChI=1S/C24H23FN4O4/c1-33-20-8-2-16(3-9-20)23(30)27-18-14-21(24(31)32)22(26-15-18)29-12-10-28(11-13-29)19-6-4-17(25)5-7-19/h2-9,14-15H,10-13H2,1H3,(H,27,30)(H,31,32). The normalized spacial score (nSPS) is 13.5. The highest BCUT2D eigenvalue weighted by Gasteiger charge is 2.23. The van der Waals surface area contributed by atoms with Gasteiger partial charge in [0.1, 0.15) is 22.9 Å². The van der Waals surface area contributed by atoms with Gasteiger partial charge in [0, 0.05) is 37.4 Å². The molecule has 0 radical (unpaired) electrons. The van der Waals surface area contributed by atoms with Crippen molar-refractivity contribution in [1.82, 2.24) is 4.98 Å². The van der Waals surface area contributed by atoms with Gasteiger partial charge >= 0.3 is 5.97 Å². The zero-order valence-electron chi connectivity index (χ0n) is 18.0. The molecule has 2 aromatic carbocycles. The number of carboxylic acids is 1. The van der Waals surface area contributed by atoms with Crippen molar-refractivity contribution in [2.45, 2.75) is 0 Å². The fraction of sp³-hybridized carbons (Fsp3) is 0.208. The number of piperazine rings is 1. The van der Waals surface area contributed by atoms with Gasteiger partial charge in [-0.1, -0.05) is 0 Å². The topological polar surface area (TPSA) is 95.0 Å². The Morgan fingerprint density at radius 2 is 1.64 bits per heavy atom. The van der Waals surface area contributed by atoms with E-state index in [1.54, 1.807) is 43.5 Å². The average Bonchev–Trinajstić information content (AvgIpc) is 2.84. The van der Waals surface area contributed by atoms with E-state index in [1.165, 1.54) is 24.4 Å². The number of benzene rings is 2. The number of amides is 1. The molecule has 0 atom stereocenters. The van der Waals surface area contributed by atoms with Gasteiger partial charge in [-0.2, -0.15) is 0 Å². The number of halogens is 1. The summed E-state index contributed by atoms with van der Waals surface area (Å²) in [6.45, 7) is 2.40. The Labute approximate surface area is 190 Å². The molecule has 1 aliphatic rings. The summed E-state index contributed by atoms with van der Waals surface area (Å²) in [4.78, 5) is 32.8. The summed E-state index contributed by atoms with van der Waals surface area (Å²) in [6, 6.07) is 14.3. The maximum absolute atomic E-state index is 13.2. The van der Waals surface area contributed by atoms with Gasteiger partial charge in [0.2, 0.25) is 0 Å². The van der Waals surface area contributed by atoms with E-state index in [1.807, 2.05) is 4.90 Å². The molecule has 1 aliphatic heterocycles. The van der Waals surface area contributed by atoms with Crippen LogP contribution in [0.2, 0.25) is 0 Å². The quantitative estimate of drug-likeness (QED) is 0.594. The van der Waals surface area contributed by atoms with Gasteiger partial charge in [-0.25, -0.2) is 14.2 Å². The van der Waals surface area contributed by atoms with Crippen molar-refractivity contribution in [3.05, 3.63) is 77.7 Å². The summed E-state index contributed by atoms with van der Waals surface area (Å²) < 4.78 is 18.3. The molecular formula is C24H23FN4O4. The van der Waals surface area contributed by atoms with Crippen molar-refractivity contribution in [1.29, 1.82) is 0 Å². The highest BCUT2D eigenvalue weighted by molar-refractivity contribution is 6.05. The Bertz CT molecular complexity index is 1140. The zero-order valence-corrected chi connectivity index (χ0v) is 18.0. The first-order valence-corrected chi connectivity index (χ1v) is 10.4. The molecule has 2 N–H and O–H groups in total. The molecule has 1 fully saturated rings. The molecule has 0 bridgehead atoms. The second kappa shape index (κ2) is 9.56. The molecule has 4 rings (SSSR count). The molecule has 0 aliphatic carbocycles. The van der Waals surface area contributed by atoms with E-state index < -0.39 is 5.97 Å². The molecule has 1 amide bonds. The maximum Gasteiger partial charge on any atom is 0.339 e. The number of nitrogens with zero attached hydrogens (tertiary/aromatic N) is 3. The molecular weight excluding hydrogens is 427 g/mol. The first-order chi connectivity index (χ1) is 15.9. The van der Waals surface area contributed by atoms with Crippen molar-refractivity contribution in [2.75, 3.05) is 48.4 Å². The van der Waals surface area contributed by atoms with Crippen LogP contribution in [0.4, 0.5) is 21.6 Å². The number of aromatic carboxylic acids is 1. The number of aromatic nitrogens is 1. The molecule has 8 nitrogen and oxygen atoms in total. The van der Waals surface area contributed by atoms with Crippen LogP contribution in [0, 0.1) is 5.82 Å². The Morgan fingerprint density at radius 3 is 2.24 bits per heavy atom. The average molecular weight is 450 g/mol. The predicted octanol–water partition coefficient (Wildman–Crippen LogP) is 3.51. The van der Waals surface area contributed by atoms with Crippen molar-refractivity contribution >= 4 is 29.1 Å². The van der Waals surface area contributed by atoms with Gasteiger partial charge < -0.3 is 25.0 Å². The minimum atomic E-state index is -1.13. The van der Waals surface area contributed by atoms with E-state index in [0.717, 1.165) is 5.69 Å². The van der Waals surface area contributed by atoms with Gasteiger partial charge in [0.05, 0.1) is 19.0 Å². The molecule has 9 heteroatoms. The monoisotopic (exact) mass is 450 g/mol. The Kier molecular flexibility index (Phi) is 6.39. The summed E-state index contributed by atoms with van der Waals surface area (Å²) in [5.74, 6) is -0.809. The number of carbonyl (C=O) groups is 2. The fourth-order valence-electron chi connectivity index (χ4n) is 3.71. The lowest BCUT2D eigenvalue weighted by molar-refractivity contribution is 0.0696. The number of methoxy groups -OCH3 is 1. The summed E-state index contributed by atoms with van der Waals surface area (Å²) in [7, 11) is 1.54. The van der Waals surface area contributed by atoms with Crippen LogP contribution in [-0.2, 0) is 0 Å².